The van der Waals surface area contributed by atoms with Crippen LogP contribution < -0.4 is 5.32 Å². The predicted octanol–water partition coefficient (Wildman–Crippen LogP) is 0.915. The fourth-order valence-corrected chi connectivity index (χ4v) is 2.52. The lowest BCUT2D eigenvalue weighted by Gasteiger charge is -2.25. The molecule has 0 amide bonds. The van der Waals surface area contributed by atoms with Crippen molar-refractivity contribution >= 4 is 0 Å². The van der Waals surface area contributed by atoms with Gasteiger partial charge in [0.15, 0.2) is 0 Å². The highest BCUT2D eigenvalue weighted by molar-refractivity contribution is 4.74. The van der Waals surface area contributed by atoms with Gasteiger partial charge in [-0.1, -0.05) is 0 Å². The van der Waals surface area contributed by atoms with Gasteiger partial charge in [0.05, 0.1) is 18.8 Å². The first-order valence-electron chi connectivity index (χ1n) is 7.38. The molecular formula is C14H27NO3. The predicted molar refractivity (Wildman–Crippen MR) is 70.4 cm³/mol. The SMILES string of the molecule is OC1CCC(CNCC(O)COCC2CC2)CC1. The highest BCUT2D eigenvalue weighted by Gasteiger charge is 2.22. The van der Waals surface area contributed by atoms with E-state index in [2.05, 4.69) is 5.32 Å². The first-order chi connectivity index (χ1) is 8.74. The van der Waals surface area contributed by atoms with Crippen LogP contribution in [0.15, 0.2) is 0 Å². The second-order valence-electron chi connectivity index (χ2n) is 5.97. The van der Waals surface area contributed by atoms with Gasteiger partial charge in [-0.2, -0.15) is 0 Å². The van der Waals surface area contributed by atoms with Crippen molar-refractivity contribution in [2.24, 2.45) is 11.8 Å². The van der Waals surface area contributed by atoms with Crippen LogP contribution in [0.4, 0.5) is 0 Å². The van der Waals surface area contributed by atoms with E-state index in [0.717, 1.165) is 44.8 Å². The quantitative estimate of drug-likeness (QED) is 0.605. The summed E-state index contributed by atoms with van der Waals surface area (Å²) in [6.45, 7) is 2.83. The molecule has 0 aromatic carbocycles. The molecule has 0 radical (unpaired) electrons. The van der Waals surface area contributed by atoms with Crippen molar-refractivity contribution in [3.05, 3.63) is 0 Å². The van der Waals surface area contributed by atoms with Crippen molar-refractivity contribution in [3.8, 4) is 0 Å². The van der Waals surface area contributed by atoms with E-state index in [1.807, 2.05) is 0 Å². The summed E-state index contributed by atoms with van der Waals surface area (Å²) < 4.78 is 5.45. The molecule has 2 fully saturated rings. The second-order valence-corrected chi connectivity index (χ2v) is 5.97. The summed E-state index contributed by atoms with van der Waals surface area (Å²) in [7, 11) is 0. The Morgan fingerprint density at radius 3 is 2.39 bits per heavy atom. The van der Waals surface area contributed by atoms with Crippen LogP contribution in [-0.4, -0.2) is 48.7 Å². The van der Waals surface area contributed by atoms with E-state index >= 15 is 0 Å². The number of nitrogens with one attached hydrogen (secondary N) is 1. The van der Waals surface area contributed by atoms with Gasteiger partial charge >= 0.3 is 0 Å². The fraction of sp³-hybridized carbons (Fsp3) is 1.00. The highest BCUT2D eigenvalue weighted by Crippen LogP contribution is 2.28. The van der Waals surface area contributed by atoms with Crippen molar-refractivity contribution in [1.29, 1.82) is 0 Å². The molecule has 18 heavy (non-hydrogen) atoms. The standard InChI is InChI=1S/C14H27NO3/c16-13-5-3-11(4-6-13)7-15-8-14(17)10-18-9-12-1-2-12/h11-17H,1-10H2. The second kappa shape index (κ2) is 7.43. The summed E-state index contributed by atoms with van der Waals surface area (Å²) in [6.07, 6.45) is 6.17. The van der Waals surface area contributed by atoms with Crippen molar-refractivity contribution < 1.29 is 14.9 Å². The minimum absolute atomic E-state index is 0.0809. The lowest BCUT2D eigenvalue weighted by atomic mass is 9.87. The van der Waals surface area contributed by atoms with E-state index in [1.54, 1.807) is 0 Å². The molecule has 4 nitrogen and oxygen atoms in total. The van der Waals surface area contributed by atoms with Gasteiger partial charge in [-0.05, 0) is 56.9 Å². The smallest absolute Gasteiger partial charge is 0.0897 e. The van der Waals surface area contributed by atoms with Crippen LogP contribution in [0.2, 0.25) is 0 Å². The Bertz CT molecular complexity index is 225. The van der Waals surface area contributed by atoms with Gasteiger partial charge in [-0.25, -0.2) is 0 Å². The molecular weight excluding hydrogens is 230 g/mol. The van der Waals surface area contributed by atoms with Gasteiger partial charge in [-0.3, -0.25) is 0 Å². The monoisotopic (exact) mass is 257 g/mol. The lowest BCUT2D eigenvalue weighted by molar-refractivity contribution is 0.0315. The molecule has 3 N–H and O–H groups in total. The Hall–Kier alpha value is -0.160. The van der Waals surface area contributed by atoms with Crippen LogP contribution in [0.3, 0.4) is 0 Å². The summed E-state index contributed by atoms with van der Waals surface area (Å²) >= 11 is 0. The molecule has 0 aromatic rings. The van der Waals surface area contributed by atoms with Crippen molar-refractivity contribution in [3.63, 3.8) is 0 Å². The number of aliphatic hydroxyl groups excluding tert-OH is 2. The molecule has 0 spiro atoms. The number of hydrogen-bond acceptors (Lipinski definition) is 4. The van der Waals surface area contributed by atoms with E-state index < -0.39 is 6.10 Å². The maximum Gasteiger partial charge on any atom is 0.0897 e. The van der Waals surface area contributed by atoms with Crippen LogP contribution in [0.1, 0.15) is 38.5 Å². The first kappa shape index (κ1) is 14.3. The van der Waals surface area contributed by atoms with Crippen LogP contribution >= 0.6 is 0 Å². The Morgan fingerprint density at radius 2 is 1.72 bits per heavy atom. The molecule has 106 valence electrons. The number of hydrogen-bond donors (Lipinski definition) is 3. The molecule has 0 aromatic heterocycles. The minimum atomic E-state index is -0.391. The Morgan fingerprint density at radius 1 is 1.06 bits per heavy atom. The molecule has 2 rings (SSSR count). The van der Waals surface area contributed by atoms with Crippen molar-refractivity contribution in [2.45, 2.75) is 50.7 Å². The first-order valence-corrected chi connectivity index (χ1v) is 7.38. The number of rotatable bonds is 8. The van der Waals surface area contributed by atoms with E-state index in [4.69, 9.17) is 4.74 Å². The van der Waals surface area contributed by atoms with E-state index in [1.165, 1.54) is 12.8 Å². The molecule has 2 saturated carbocycles. The average Bonchev–Trinajstić information content (AvgIpc) is 3.16. The normalized spacial score (nSPS) is 30.3. The zero-order valence-corrected chi connectivity index (χ0v) is 11.2. The molecule has 0 saturated heterocycles. The zero-order valence-electron chi connectivity index (χ0n) is 11.2. The topological polar surface area (TPSA) is 61.7 Å². The van der Waals surface area contributed by atoms with Crippen LogP contribution in [-0.2, 0) is 4.74 Å². The van der Waals surface area contributed by atoms with Crippen molar-refractivity contribution in [1.82, 2.24) is 5.32 Å². The third-order valence-corrected chi connectivity index (χ3v) is 3.99. The van der Waals surface area contributed by atoms with E-state index in [0.29, 0.717) is 19.1 Å². The fourth-order valence-electron chi connectivity index (χ4n) is 2.52. The molecule has 1 atom stereocenters. The highest BCUT2D eigenvalue weighted by atomic mass is 16.5. The minimum Gasteiger partial charge on any atom is -0.393 e. The zero-order chi connectivity index (χ0) is 12.8. The Labute approximate surface area is 110 Å². The largest absolute Gasteiger partial charge is 0.393 e. The summed E-state index contributed by atoms with van der Waals surface area (Å²) in [5.74, 6) is 1.42. The molecule has 0 heterocycles. The summed E-state index contributed by atoms with van der Waals surface area (Å²) in [4.78, 5) is 0. The third-order valence-electron chi connectivity index (χ3n) is 3.99. The maximum absolute atomic E-state index is 9.73. The molecule has 1 unspecified atom stereocenters. The van der Waals surface area contributed by atoms with Gasteiger partial charge in [0, 0.05) is 13.2 Å². The number of ether oxygens (including phenoxy) is 1. The molecule has 2 aliphatic rings. The van der Waals surface area contributed by atoms with Crippen LogP contribution in [0.5, 0.6) is 0 Å². The third kappa shape index (κ3) is 5.65. The summed E-state index contributed by atoms with van der Waals surface area (Å²) in [5, 5.41) is 22.4. The van der Waals surface area contributed by atoms with Gasteiger partial charge in [0.1, 0.15) is 0 Å². The molecule has 4 heteroatoms. The summed E-state index contributed by atoms with van der Waals surface area (Å²) in [5.41, 5.74) is 0. The van der Waals surface area contributed by atoms with Crippen LogP contribution in [0, 0.1) is 11.8 Å². The Balaban J connectivity index is 1.43. The van der Waals surface area contributed by atoms with Gasteiger partial charge in [0.25, 0.3) is 0 Å². The van der Waals surface area contributed by atoms with Crippen LogP contribution in [0.25, 0.3) is 0 Å². The molecule has 2 aliphatic carbocycles. The molecule has 0 aliphatic heterocycles. The Kier molecular flexibility index (Phi) is 5.89. The average molecular weight is 257 g/mol. The van der Waals surface area contributed by atoms with E-state index in [-0.39, 0.29) is 6.10 Å². The van der Waals surface area contributed by atoms with E-state index in [9.17, 15) is 10.2 Å². The summed E-state index contributed by atoms with van der Waals surface area (Å²) in [6, 6.07) is 0. The van der Waals surface area contributed by atoms with Gasteiger partial charge < -0.3 is 20.3 Å². The maximum atomic E-state index is 9.73. The number of aliphatic hydroxyl groups is 2. The van der Waals surface area contributed by atoms with Gasteiger partial charge in [-0.15, -0.1) is 0 Å². The van der Waals surface area contributed by atoms with Crippen molar-refractivity contribution in [2.75, 3.05) is 26.3 Å². The van der Waals surface area contributed by atoms with Gasteiger partial charge in [0.2, 0.25) is 0 Å². The lowest BCUT2D eigenvalue weighted by Crippen LogP contribution is -2.35. The molecule has 0 bridgehead atoms.